The molecule has 118 valence electrons. The summed E-state index contributed by atoms with van der Waals surface area (Å²) in [5, 5.41) is 4.05. The Kier molecular flexibility index (Phi) is 5.01. The highest BCUT2D eigenvalue weighted by Gasteiger charge is 2.32. The van der Waals surface area contributed by atoms with Gasteiger partial charge in [0.15, 0.2) is 5.82 Å². The third kappa shape index (κ3) is 4.29. The number of carbonyl (C=O) groups is 1. The monoisotopic (exact) mass is 294 g/mol. The lowest BCUT2D eigenvalue weighted by molar-refractivity contribution is -0.142. The summed E-state index contributed by atoms with van der Waals surface area (Å²) in [5.41, 5.74) is 0.372. The summed E-state index contributed by atoms with van der Waals surface area (Å²) in [4.78, 5) is 15.8. The minimum Gasteiger partial charge on any atom is -0.466 e. The molecule has 0 N–H and O–H groups in total. The molecule has 1 aliphatic carbocycles. The van der Waals surface area contributed by atoms with Gasteiger partial charge in [0.05, 0.1) is 6.61 Å². The number of esters is 1. The van der Waals surface area contributed by atoms with Crippen molar-refractivity contribution in [1.29, 1.82) is 0 Å². The van der Waals surface area contributed by atoms with E-state index in [0.29, 0.717) is 23.8 Å². The maximum absolute atomic E-state index is 11.4. The number of carbonyl (C=O) groups excluding carboxylic acids is 1. The molecule has 1 aliphatic rings. The predicted molar refractivity (Wildman–Crippen MR) is 78.8 cm³/mol. The molecule has 5 heteroatoms. The Hall–Kier alpha value is -1.39. The lowest BCUT2D eigenvalue weighted by atomic mass is 9.70. The van der Waals surface area contributed by atoms with Gasteiger partial charge in [-0.15, -0.1) is 0 Å². The van der Waals surface area contributed by atoms with Crippen LogP contribution in [0.4, 0.5) is 0 Å². The van der Waals surface area contributed by atoms with Gasteiger partial charge in [-0.05, 0) is 43.9 Å². The van der Waals surface area contributed by atoms with Crippen molar-refractivity contribution in [2.75, 3.05) is 6.61 Å². The molecular weight excluding hydrogens is 268 g/mol. The second kappa shape index (κ2) is 6.58. The van der Waals surface area contributed by atoms with Crippen molar-refractivity contribution in [1.82, 2.24) is 10.1 Å². The van der Waals surface area contributed by atoms with E-state index in [1.54, 1.807) is 6.92 Å². The van der Waals surface area contributed by atoms with Crippen molar-refractivity contribution in [3.8, 4) is 0 Å². The van der Waals surface area contributed by atoms with Crippen LogP contribution >= 0.6 is 0 Å². The van der Waals surface area contributed by atoms with Crippen LogP contribution < -0.4 is 0 Å². The van der Waals surface area contributed by atoms with Gasteiger partial charge in [0, 0.05) is 5.92 Å². The van der Waals surface area contributed by atoms with E-state index in [0.717, 1.165) is 24.6 Å². The molecule has 0 spiro atoms. The van der Waals surface area contributed by atoms with Gasteiger partial charge in [0.2, 0.25) is 5.89 Å². The average Bonchev–Trinajstić information content (AvgIpc) is 2.86. The first-order chi connectivity index (χ1) is 9.90. The number of nitrogens with zero attached hydrogens (tertiary/aromatic N) is 2. The van der Waals surface area contributed by atoms with Crippen molar-refractivity contribution in [3.63, 3.8) is 0 Å². The van der Waals surface area contributed by atoms with E-state index < -0.39 is 0 Å². The van der Waals surface area contributed by atoms with Crippen LogP contribution in [0.25, 0.3) is 0 Å². The Balaban J connectivity index is 1.90. The molecule has 1 heterocycles. The van der Waals surface area contributed by atoms with Crippen molar-refractivity contribution in [2.45, 2.75) is 65.7 Å². The zero-order valence-electron chi connectivity index (χ0n) is 13.5. The summed E-state index contributed by atoms with van der Waals surface area (Å²) in [5.74, 6) is 1.93. The fraction of sp³-hybridized carbons (Fsp3) is 0.812. The van der Waals surface area contributed by atoms with Gasteiger partial charge in [0.1, 0.15) is 6.42 Å². The zero-order chi connectivity index (χ0) is 15.5. The summed E-state index contributed by atoms with van der Waals surface area (Å²) in [6.45, 7) is 9.08. The van der Waals surface area contributed by atoms with E-state index in [2.05, 4.69) is 30.9 Å². The lowest BCUT2D eigenvalue weighted by Gasteiger charge is -2.36. The fourth-order valence-electron chi connectivity index (χ4n) is 3.06. The second-order valence-corrected chi connectivity index (χ2v) is 6.94. The quantitative estimate of drug-likeness (QED) is 0.795. The third-order valence-electron chi connectivity index (χ3n) is 4.40. The standard InChI is InChI=1S/C16H26N2O3/c1-5-20-14(19)10-13-17-15(18-21-13)11-6-8-12(9-7-11)16(2,3)4/h11-12H,5-10H2,1-4H3. The molecule has 0 atom stereocenters. The molecule has 0 unspecified atom stereocenters. The Morgan fingerprint density at radius 2 is 1.95 bits per heavy atom. The van der Waals surface area contributed by atoms with Gasteiger partial charge in [-0.2, -0.15) is 4.98 Å². The zero-order valence-corrected chi connectivity index (χ0v) is 13.5. The van der Waals surface area contributed by atoms with Gasteiger partial charge in [-0.25, -0.2) is 0 Å². The average molecular weight is 294 g/mol. The number of hydrogen-bond acceptors (Lipinski definition) is 5. The minimum absolute atomic E-state index is 0.0676. The van der Waals surface area contributed by atoms with Crippen LogP contribution in [-0.4, -0.2) is 22.7 Å². The molecule has 1 fully saturated rings. The van der Waals surface area contributed by atoms with Gasteiger partial charge in [-0.3, -0.25) is 4.79 Å². The van der Waals surface area contributed by atoms with E-state index in [9.17, 15) is 4.79 Å². The van der Waals surface area contributed by atoms with Crippen LogP contribution in [0.15, 0.2) is 4.52 Å². The van der Waals surface area contributed by atoms with Crippen LogP contribution in [0.3, 0.4) is 0 Å². The number of aromatic nitrogens is 2. The Labute approximate surface area is 126 Å². The van der Waals surface area contributed by atoms with Crippen LogP contribution in [0, 0.1) is 11.3 Å². The summed E-state index contributed by atoms with van der Waals surface area (Å²) in [6, 6.07) is 0. The molecular formula is C16H26N2O3. The molecule has 5 nitrogen and oxygen atoms in total. The molecule has 2 rings (SSSR count). The molecule has 1 aromatic heterocycles. The first-order valence-corrected chi connectivity index (χ1v) is 7.88. The third-order valence-corrected chi connectivity index (χ3v) is 4.40. The molecule has 0 amide bonds. The number of hydrogen-bond donors (Lipinski definition) is 0. The number of ether oxygens (including phenoxy) is 1. The Bertz CT molecular complexity index is 468. The summed E-state index contributed by atoms with van der Waals surface area (Å²) >= 11 is 0. The van der Waals surface area contributed by atoms with Gasteiger partial charge in [0.25, 0.3) is 0 Å². The van der Waals surface area contributed by atoms with E-state index in [-0.39, 0.29) is 12.4 Å². The molecule has 0 aliphatic heterocycles. The maximum Gasteiger partial charge on any atom is 0.315 e. The summed E-state index contributed by atoms with van der Waals surface area (Å²) in [6.07, 6.45) is 4.67. The van der Waals surface area contributed by atoms with Crippen LogP contribution in [0.1, 0.15) is 71.0 Å². The highest BCUT2D eigenvalue weighted by molar-refractivity contribution is 5.71. The van der Waals surface area contributed by atoms with Crippen molar-refractivity contribution in [3.05, 3.63) is 11.7 Å². The van der Waals surface area contributed by atoms with Gasteiger partial charge < -0.3 is 9.26 Å². The lowest BCUT2D eigenvalue weighted by Crippen LogP contribution is -2.25. The Morgan fingerprint density at radius 3 is 2.52 bits per heavy atom. The van der Waals surface area contributed by atoms with Crippen LogP contribution in [0.2, 0.25) is 0 Å². The Morgan fingerprint density at radius 1 is 1.29 bits per heavy atom. The van der Waals surface area contributed by atoms with E-state index in [1.165, 1.54) is 12.8 Å². The fourth-order valence-corrected chi connectivity index (χ4v) is 3.06. The molecule has 0 aromatic carbocycles. The van der Waals surface area contributed by atoms with Crippen LogP contribution in [-0.2, 0) is 16.0 Å². The smallest absolute Gasteiger partial charge is 0.315 e. The second-order valence-electron chi connectivity index (χ2n) is 6.94. The SMILES string of the molecule is CCOC(=O)Cc1nc(C2CCC(C(C)(C)C)CC2)no1. The first kappa shape index (κ1) is 16.0. The van der Waals surface area contributed by atoms with E-state index in [4.69, 9.17) is 9.26 Å². The van der Waals surface area contributed by atoms with Gasteiger partial charge >= 0.3 is 5.97 Å². The van der Waals surface area contributed by atoms with E-state index >= 15 is 0 Å². The molecule has 1 aromatic rings. The van der Waals surface area contributed by atoms with Crippen LogP contribution in [0.5, 0.6) is 0 Å². The topological polar surface area (TPSA) is 65.2 Å². The maximum atomic E-state index is 11.4. The summed E-state index contributed by atoms with van der Waals surface area (Å²) in [7, 11) is 0. The molecule has 0 bridgehead atoms. The molecule has 0 radical (unpaired) electrons. The first-order valence-electron chi connectivity index (χ1n) is 7.88. The normalized spacial score (nSPS) is 23.0. The van der Waals surface area contributed by atoms with Crippen molar-refractivity contribution < 1.29 is 14.1 Å². The van der Waals surface area contributed by atoms with Crippen molar-refractivity contribution >= 4 is 5.97 Å². The number of rotatable bonds is 4. The summed E-state index contributed by atoms with van der Waals surface area (Å²) < 4.78 is 10.1. The molecule has 0 saturated heterocycles. The largest absolute Gasteiger partial charge is 0.466 e. The highest BCUT2D eigenvalue weighted by atomic mass is 16.5. The molecule has 21 heavy (non-hydrogen) atoms. The van der Waals surface area contributed by atoms with E-state index in [1.807, 2.05) is 0 Å². The van der Waals surface area contributed by atoms with Crippen molar-refractivity contribution in [2.24, 2.45) is 11.3 Å². The predicted octanol–water partition coefficient (Wildman–Crippen LogP) is 3.50. The minimum atomic E-state index is -0.316. The van der Waals surface area contributed by atoms with Gasteiger partial charge in [-0.1, -0.05) is 25.9 Å². The molecule has 1 saturated carbocycles. The highest BCUT2D eigenvalue weighted by Crippen LogP contribution is 2.42.